The van der Waals surface area contributed by atoms with Crippen LogP contribution < -0.4 is 5.32 Å². The van der Waals surface area contributed by atoms with E-state index in [1.165, 1.54) is 31.0 Å². The molecule has 0 unspecified atom stereocenters. The number of benzene rings is 1. The molecule has 3 rings (SSSR count). The number of carbonyl (C=O) groups excluding carboxylic acids is 1. The number of esters is 1. The third-order valence-corrected chi connectivity index (χ3v) is 4.36. The van der Waals surface area contributed by atoms with Gasteiger partial charge in [-0.05, 0) is 30.4 Å². The molecule has 1 aromatic heterocycles. The second-order valence-corrected chi connectivity index (χ2v) is 5.96. The van der Waals surface area contributed by atoms with E-state index in [0.29, 0.717) is 34.4 Å². The van der Waals surface area contributed by atoms with Crippen LogP contribution in [0.3, 0.4) is 0 Å². The van der Waals surface area contributed by atoms with Crippen LogP contribution in [0.1, 0.15) is 24.9 Å². The summed E-state index contributed by atoms with van der Waals surface area (Å²) in [4.78, 5) is 16.8. The molecule has 1 aromatic carbocycles. The fourth-order valence-electron chi connectivity index (χ4n) is 2.75. The summed E-state index contributed by atoms with van der Waals surface area (Å²) >= 11 is 1.40. The number of nitrogens with one attached hydrogen (secondary N) is 1. The summed E-state index contributed by atoms with van der Waals surface area (Å²) in [5.74, 6) is -0.321. The van der Waals surface area contributed by atoms with Crippen molar-refractivity contribution in [2.45, 2.75) is 24.5 Å². The summed E-state index contributed by atoms with van der Waals surface area (Å²) < 4.78 is 20.3. The molecule has 1 aliphatic heterocycles. The van der Waals surface area contributed by atoms with Crippen molar-refractivity contribution < 1.29 is 13.9 Å². The van der Waals surface area contributed by atoms with Crippen LogP contribution in [0.4, 0.5) is 10.3 Å². The molecule has 24 heavy (non-hydrogen) atoms. The number of ether oxygens (including phenoxy) is 1. The molecule has 126 valence electrons. The van der Waals surface area contributed by atoms with Crippen molar-refractivity contribution >= 4 is 23.7 Å². The van der Waals surface area contributed by atoms with E-state index in [1.807, 2.05) is 13.2 Å². The first-order chi connectivity index (χ1) is 11.6. The summed E-state index contributed by atoms with van der Waals surface area (Å²) in [6.45, 7) is 1.93. The molecule has 0 amide bonds. The van der Waals surface area contributed by atoms with E-state index in [-0.39, 0.29) is 5.82 Å². The van der Waals surface area contributed by atoms with Gasteiger partial charge in [-0.3, -0.25) is 0 Å². The molecule has 1 atom stereocenters. The first kappa shape index (κ1) is 16.5. The number of aromatic nitrogens is 3. The van der Waals surface area contributed by atoms with Crippen LogP contribution in [-0.4, -0.2) is 34.1 Å². The van der Waals surface area contributed by atoms with E-state index in [0.717, 1.165) is 0 Å². The lowest BCUT2D eigenvalue weighted by molar-refractivity contribution is -0.136. The molecule has 0 saturated heterocycles. The Bertz CT molecular complexity index is 818. The Kier molecular flexibility index (Phi) is 4.57. The predicted molar refractivity (Wildman–Crippen MR) is 89.3 cm³/mol. The Hall–Kier alpha value is -2.35. The molecule has 0 fully saturated rings. The summed E-state index contributed by atoms with van der Waals surface area (Å²) in [6, 6.07) is 5.55. The number of allylic oxidation sites excluding steroid dienone is 1. The molecule has 0 saturated carbocycles. The Labute approximate surface area is 143 Å². The number of anilines is 1. The van der Waals surface area contributed by atoms with E-state index in [9.17, 15) is 9.18 Å². The highest BCUT2D eigenvalue weighted by molar-refractivity contribution is 7.98. The van der Waals surface area contributed by atoms with Crippen LogP contribution in [0.2, 0.25) is 0 Å². The average molecular weight is 348 g/mol. The third kappa shape index (κ3) is 2.77. The fraction of sp³-hybridized carbons (Fsp3) is 0.312. The number of methoxy groups -OCH3 is 1. The van der Waals surface area contributed by atoms with Crippen LogP contribution in [0, 0.1) is 5.82 Å². The van der Waals surface area contributed by atoms with Gasteiger partial charge in [0.15, 0.2) is 0 Å². The maximum atomic E-state index is 13.8. The number of fused-ring (bicyclic) bond motifs is 1. The monoisotopic (exact) mass is 348 g/mol. The third-order valence-electron chi connectivity index (χ3n) is 3.82. The Morgan fingerprint density at radius 2 is 2.29 bits per heavy atom. The summed E-state index contributed by atoms with van der Waals surface area (Å²) in [5.41, 5.74) is 1.72. The topological polar surface area (TPSA) is 69.0 Å². The van der Waals surface area contributed by atoms with Gasteiger partial charge in [0.25, 0.3) is 0 Å². The first-order valence-corrected chi connectivity index (χ1v) is 8.65. The van der Waals surface area contributed by atoms with Gasteiger partial charge < -0.3 is 10.1 Å². The van der Waals surface area contributed by atoms with Gasteiger partial charge in [0, 0.05) is 5.70 Å². The molecule has 0 aliphatic carbocycles. The molecule has 8 heteroatoms. The largest absolute Gasteiger partial charge is 0.466 e. The Balaban J connectivity index is 2.23. The zero-order valence-corrected chi connectivity index (χ0v) is 14.4. The van der Waals surface area contributed by atoms with E-state index < -0.39 is 12.0 Å². The fourth-order valence-corrected chi connectivity index (χ4v) is 3.10. The standard InChI is InChI=1S/C16H17FN4O2S/c1-4-11-12(14(22)23-2)13(9-6-5-7-10(17)8-9)21-15(18-11)19-16(20-21)24-3/h5-8,13H,4H2,1-3H3,(H,18,19,20)/t13-/m0/s1. The summed E-state index contributed by atoms with van der Waals surface area (Å²) in [5, 5.41) is 8.15. The molecule has 1 N–H and O–H groups in total. The zero-order valence-electron chi connectivity index (χ0n) is 13.5. The van der Waals surface area contributed by atoms with Gasteiger partial charge in [-0.1, -0.05) is 30.8 Å². The number of rotatable bonds is 4. The van der Waals surface area contributed by atoms with E-state index in [4.69, 9.17) is 4.74 Å². The zero-order chi connectivity index (χ0) is 17.3. The molecule has 0 radical (unpaired) electrons. The number of carbonyl (C=O) groups is 1. The minimum atomic E-state index is -0.590. The average Bonchev–Trinajstić information content (AvgIpc) is 3.02. The molecule has 0 bridgehead atoms. The Morgan fingerprint density at radius 3 is 2.92 bits per heavy atom. The van der Waals surface area contributed by atoms with Gasteiger partial charge >= 0.3 is 5.97 Å². The minimum Gasteiger partial charge on any atom is -0.466 e. The molecule has 1 aliphatic rings. The highest BCUT2D eigenvalue weighted by Gasteiger charge is 2.35. The molecule has 2 aromatic rings. The van der Waals surface area contributed by atoms with Crippen LogP contribution in [0.25, 0.3) is 0 Å². The lowest BCUT2D eigenvalue weighted by Crippen LogP contribution is -2.30. The molecular weight excluding hydrogens is 331 g/mol. The second kappa shape index (κ2) is 6.64. The number of hydrogen-bond donors (Lipinski definition) is 1. The predicted octanol–water partition coefficient (Wildman–Crippen LogP) is 2.99. The maximum Gasteiger partial charge on any atom is 0.338 e. The number of hydrogen-bond acceptors (Lipinski definition) is 6. The van der Waals surface area contributed by atoms with Crippen molar-refractivity contribution in [2.24, 2.45) is 0 Å². The van der Waals surface area contributed by atoms with Gasteiger partial charge in [-0.2, -0.15) is 4.98 Å². The lowest BCUT2D eigenvalue weighted by atomic mass is 9.94. The molecular formula is C16H17FN4O2S. The normalized spacial score (nSPS) is 16.6. The lowest BCUT2D eigenvalue weighted by Gasteiger charge is -2.28. The van der Waals surface area contributed by atoms with Gasteiger partial charge in [-0.15, -0.1) is 5.10 Å². The van der Waals surface area contributed by atoms with Crippen molar-refractivity contribution in [2.75, 3.05) is 18.7 Å². The maximum absolute atomic E-state index is 13.8. The first-order valence-electron chi connectivity index (χ1n) is 7.43. The van der Waals surface area contributed by atoms with Crippen molar-refractivity contribution in [1.29, 1.82) is 0 Å². The molecule has 6 nitrogen and oxygen atoms in total. The van der Waals surface area contributed by atoms with Gasteiger partial charge in [0.2, 0.25) is 11.1 Å². The second-order valence-electron chi connectivity index (χ2n) is 5.19. The highest BCUT2D eigenvalue weighted by Crippen LogP contribution is 2.37. The minimum absolute atomic E-state index is 0.375. The van der Waals surface area contributed by atoms with Crippen molar-refractivity contribution in [3.63, 3.8) is 0 Å². The van der Waals surface area contributed by atoms with Crippen LogP contribution >= 0.6 is 11.8 Å². The molecule has 0 spiro atoms. The van der Waals surface area contributed by atoms with Gasteiger partial charge in [-0.25, -0.2) is 13.9 Å². The van der Waals surface area contributed by atoms with Gasteiger partial charge in [0.1, 0.15) is 11.9 Å². The van der Waals surface area contributed by atoms with Crippen molar-refractivity contribution in [3.05, 3.63) is 46.9 Å². The quantitative estimate of drug-likeness (QED) is 0.677. The van der Waals surface area contributed by atoms with Crippen LogP contribution in [0.15, 0.2) is 40.7 Å². The van der Waals surface area contributed by atoms with Crippen molar-refractivity contribution in [1.82, 2.24) is 14.8 Å². The van der Waals surface area contributed by atoms with Crippen molar-refractivity contribution in [3.8, 4) is 0 Å². The van der Waals surface area contributed by atoms with E-state index in [2.05, 4.69) is 15.4 Å². The SMILES string of the molecule is CCC1=C(C(=O)OC)[C@H](c2cccc(F)c2)n2nc(SC)nc2N1. The van der Waals surface area contributed by atoms with E-state index in [1.54, 1.807) is 16.8 Å². The van der Waals surface area contributed by atoms with Crippen LogP contribution in [0.5, 0.6) is 0 Å². The smallest absolute Gasteiger partial charge is 0.338 e. The number of thioether (sulfide) groups is 1. The summed E-state index contributed by atoms with van der Waals surface area (Å²) in [6.07, 6.45) is 2.45. The molecule has 2 heterocycles. The number of halogens is 1. The van der Waals surface area contributed by atoms with Crippen LogP contribution in [-0.2, 0) is 9.53 Å². The van der Waals surface area contributed by atoms with E-state index >= 15 is 0 Å². The summed E-state index contributed by atoms with van der Waals surface area (Å²) in [7, 11) is 1.33. The Morgan fingerprint density at radius 1 is 1.50 bits per heavy atom. The number of nitrogens with zero attached hydrogens (tertiary/aromatic N) is 3. The van der Waals surface area contributed by atoms with Gasteiger partial charge in [0.05, 0.1) is 12.7 Å². The highest BCUT2D eigenvalue weighted by atomic mass is 32.2.